The van der Waals surface area contributed by atoms with Crippen molar-refractivity contribution in [2.24, 2.45) is 5.92 Å². The second kappa shape index (κ2) is 9.33. The number of piperidine rings is 1. The molecule has 4 heterocycles. The molecule has 0 amide bonds. The average molecular weight is 426 g/mol. The van der Waals surface area contributed by atoms with Crippen LogP contribution < -0.4 is 16.0 Å². The molecule has 1 aliphatic carbocycles. The summed E-state index contributed by atoms with van der Waals surface area (Å²) in [5.41, 5.74) is 4.76. The lowest BCUT2D eigenvalue weighted by molar-refractivity contribution is 0.390. The summed E-state index contributed by atoms with van der Waals surface area (Å²) in [6.07, 6.45) is 10.2. The van der Waals surface area contributed by atoms with E-state index in [1.54, 1.807) is 18.3 Å². The topological polar surface area (TPSA) is 98.5 Å². The summed E-state index contributed by atoms with van der Waals surface area (Å²) in [6.45, 7) is 3.17. The van der Waals surface area contributed by atoms with Crippen molar-refractivity contribution in [2.75, 3.05) is 30.3 Å². The molecule has 32 heavy (non-hydrogen) atoms. The lowest BCUT2D eigenvalue weighted by Gasteiger charge is -2.23. The second-order valence-corrected chi connectivity index (χ2v) is 8.65. The first-order valence-electron chi connectivity index (χ1n) is 11.3. The fraction of sp³-hybridized carbons (Fsp3) is 0.360. The van der Waals surface area contributed by atoms with Gasteiger partial charge in [0, 0.05) is 30.7 Å². The summed E-state index contributed by atoms with van der Waals surface area (Å²) in [5, 5.41) is 19.4. The van der Waals surface area contributed by atoms with E-state index in [1.807, 2.05) is 12.4 Å². The number of rotatable bonds is 7. The Morgan fingerprint density at radius 2 is 1.91 bits per heavy atom. The van der Waals surface area contributed by atoms with E-state index in [-0.39, 0.29) is 0 Å². The third kappa shape index (κ3) is 5.04. The van der Waals surface area contributed by atoms with Gasteiger partial charge in [-0.15, -0.1) is 0 Å². The Labute approximate surface area is 188 Å². The Morgan fingerprint density at radius 1 is 1.03 bits per heavy atom. The van der Waals surface area contributed by atoms with Gasteiger partial charge in [-0.05, 0) is 86.5 Å². The largest absolute Gasteiger partial charge is 0.384 e. The molecule has 5 rings (SSSR count). The van der Waals surface area contributed by atoms with E-state index in [2.05, 4.69) is 50.2 Å². The molecule has 0 unspecified atom stereocenters. The molecule has 2 fully saturated rings. The minimum Gasteiger partial charge on any atom is -0.384 e. The molecule has 0 atom stereocenters. The Morgan fingerprint density at radius 3 is 2.72 bits per heavy atom. The summed E-state index contributed by atoms with van der Waals surface area (Å²) < 4.78 is 0. The molecule has 0 bridgehead atoms. The minimum absolute atomic E-state index is 0.567. The molecule has 1 saturated carbocycles. The smallest absolute Gasteiger partial charge is 0.132 e. The van der Waals surface area contributed by atoms with E-state index in [0.717, 1.165) is 42.4 Å². The number of hydrogen-bond donors (Lipinski definition) is 3. The molecular formula is C25H27N7. The highest BCUT2D eigenvalue weighted by Crippen LogP contribution is 2.42. The minimum atomic E-state index is 0.567. The third-order valence-electron chi connectivity index (χ3n) is 6.13. The average Bonchev–Trinajstić information content (AvgIpc) is 3.69. The van der Waals surface area contributed by atoms with Crippen molar-refractivity contribution in [3.63, 3.8) is 0 Å². The molecule has 3 aromatic heterocycles. The van der Waals surface area contributed by atoms with Crippen LogP contribution in [0.25, 0.3) is 11.3 Å². The predicted molar refractivity (Wildman–Crippen MR) is 126 cm³/mol. The molecule has 3 aromatic rings. The molecular weight excluding hydrogens is 398 g/mol. The number of anilines is 3. The summed E-state index contributed by atoms with van der Waals surface area (Å²) in [4.78, 5) is 13.6. The van der Waals surface area contributed by atoms with Gasteiger partial charge in [0.1, 0.15) is 11.6 Å². The summed E-state index contributed by atoms with van der Waals surface area (Å²) >= 11 is 0. The molecule has 2 aliphatic rings. The first kappa shape index (κ1) is 20.4. The fourth-order valence-electron chi connectivity index (χ4n) is 4.14. The molecule has 0 aromatic carbocycles. The van der Waals surface area contributed by atoms with Gasteiger partial charge in [0.05, 0.1) is 23.0 Å². The lowest BCUT2D eigenvalue weighted by atomic mass is 9.98. The highest BCUT2D eigenvalue weighted by molar-refractivity contribution is 5.67. The number of hydrogen-bond acceptors (Lipinski definition) is 7. The standard InChI is InChI=1S/C25H27N7/c26-13-18-5-8-29-24(9-18)32-25-12-20(19-1-2-19)11-23(31-25)21-10-22(16-28-15-21)30-14-17-3-6-27-7-4-17/h5,8-12,15-17,19,27,30H,1-4,6-7,14H2,(H,29,31,32). The first-order chi connectivity index (χ1) is 15.8. The van der Waals surface area contributed by atoms with Gasteiger partial charge in [-0.1, -0.05) is 0 Å². The van der Waals surface area contributed by atoms with Gasteiger partial charge in [-0.2, -0.15) is 5.26 Å². The number of nitriles is 1. The van der Waals surface area contributed by atoms with Crippen LogP contribution in [0, 0.1) is 17.2 Å². The van der Waals surface area contributed by atoms with Gasteiger partial charge in [-0.3, -0.25) is 4.98 Å². The Kier molecular flexibility index (Phi) is 5.95. The van der Waals surface area contributed by atoms with E-state index in [1.165, 1.54) is 31.2 Å². The van der Waals surface area contributed by atoms with Gasteiger partial charge >= 0.3 is 0 Å². The maximum atomic E-state index is 9.16. The van der Waals surface area contributed by atoms with Crippen molar-refractivity contribution in [3.8, 4) is 17.3 Å². The zero-order valence-electron chi connectivity index (χ0n) is 18.0. The number of nitrogens with zero attached hydrogens (tertiary/aromatic N) is 4. The summed E-state index contributed by atoms with van der Waals surface area (Å²) in [6, 6.07) is 12.0. The quantitative estimate of drug-likeness (QED) is 0.515. The zero-order valence-corrected chi connectivity index (χ0v) is 18.0. The molecule has 1 saturated heterocycles. The molecule has 3 N–H and O–H groups in total. The third-order valence-corrected chi connectivity index (χ3v) is 6.13. The highest BCUT2D eigenvalue weighted by Gasteiger charge is 2.25. The number of aromatic nitrogens is 3. The molecule has 7 heteroatoms. The number of pyridine rings is 3. The van der Waals surface area contributed by atoms with Crippen molar-refractivity contribution >= 4 is 17.3 Å². The van der Waals surface area contributed by atoms with E-state index >= 15 is 0 Å². The van der Waals surface area contributed by atoms with Crippen molar-refractivity contribution in [1.29, 1.82) is 5.26 Å². The molecule has 162 valence electrons. The van der Waals surface area contributed by atoms with Crippen LogP contribution in [0.5, 0.6) is 0 Å². The van der Waals surface area contributed by atoms with Gasteiger partial charge in [-0.25, -0.2) is 9.97 Å². The van der Waals surface area contributed by atoms with Crippen LogP contribution in [-0.2, 0) is 0 Å². The van der Waals surface area contributed by atoms with E-state index in [4.69, 9.17) is 10.2 Å². The van der Waals surface area contributed by atoms with Crippen LogP contribution in [0.4, 0.5) is 17.3 Å². The van der Waals surface area contributed by atoms with E-state index in [9.17, 15) is 0 Å². The molecule has 1 aliphatic heterocycles. The van der Waals surface area contributed by atoms with Crippen LogP contribution in [0.15, 0.2) is 48.9 Å². The Balaban J connectivity index is 1.38. The molecule has 7 nitrogen and oxygen atoms in total. The van der Waals surface area contributed by atoms with Crippen molar-refractivity contribution in [2.45, 2.75) is 31.6 Å². The second-order valence-electron chi connectivity index (χ2n) is 8.65. The first-order valence-corrected chi connectivity index (χ1v) is 11.3. The van der Waals surface area contributed by atoms with Crippen LogP contribution in [-0.4, -0.2) is 34.6 Å². The van der Waals surface area contributed by atoms with Gasteiger partial charge in [0.15, 0.2) is 0 Å². The fourth-order valence-corrected chi connectivity index (χ4v) is 4.14. The zero-order chi connectivity index (χ0) is 21.8. The monoisotopic (exact) mass is 425 g/mol. The summed E-state index contributed by atoms with van der Waals surface area (Å²) in [7, 11) is 0. The predicted octanol–water partition coefficient (Wildman–Crippen LogP) is 4.44. The van der Waals surface area contributed by atoms with Crippen molar-refractivity contribution in [1.82, 2.24) is 20.3 Å². The SMILES string of the molecule is N#Cc1ccnc(Nc2cc(C3CC3)cc(-c3cncc(NCC4CCNCC4)c3)n2)c1. The van der Waals surface area contributed by atoms with Crippen LogP contribution in [0.3, 0.4) is 0 Å². The maximum Gasteiger partial charge on any atom is 0.132 e. The maximum absolute atomic E-state index is 9.16. The van der Waals surface area contributed by atoms with E-state index in [0.29, 0.717) is 23.2 Å². The normalized spacial score (nSPS) is 16.3. The Bertz CT molecular complexity index is 1130. The van der Waals surface area contributed by atoms with Crippen molar-refractivity contribution in [3.05, 3.63) is 60.0 Å². The summed E-state index contributed by atoms with van der Waals surface area (Å²) in [5.74, 6) is 2.64. The molecule has 0 radical (unpaired) electrons. The molecule has 0 spiro atoms. The van der Waals surface area contributed by atoms with Crippen LogP contribution in [0.1, 0.15) is 42.7 Å². The number of nitrogens with one attached hydrogen (secondary N) is 3. The van der Waals surface area contributed by atoms with Crippen LogP contribution >= 0.6 is 0 Å². The van der Waals surface area contributed by atoms with Crippen LogP contribution in [0.2, 0.25) is 0 Å². The highest BCUT2D eigenvalue weighted by atomic mass is 15.1. The van der Waals surface area contributed by atoms with E-state index < -0.39 is 0 Å². The van der Waals surface area contributed by atoms with Gasteiger partial charge in [0.2, 0.25) is 0 Å². The Hall–Kier alpha value is -3.50. The van der Waals surface area contributed by atoms with Crippen molar-refractivity contribution < 1.29 is 0 Å². The lowest BCUT2D eigenvalue weighted by Crippen LogP contribution is -2.31. The van der Waals surface area contributed by atoms with Gasteiger partial charge < -0.3 is 16.0 Å². The van der Waals surface area contributed by atoms with Gasteiger partial charge in [0.25, 0.3) is 0 Å².